The van der Waals surface area contributed by atoms with E-state index in [0.29, 0.717) is 18.3 Å². The molecule has 18 heavy (non-hydrogen) atoms. The molecule has 98 valence electrons. The lowest BCUT2D eigenvalue weighted by Gasteiger charge is -2.43. The number of hydrogen-bond donors (Lipinski definition) is 1. The first-order valence-electron chi connectivity index (χ1n) is 5.98. The number of rotatable bonds is 3. The Balaban J connectivity index is 3.17. The zero-order valence-corrected chi connectivity index (χ0v) is 11.4. The standard InChI is InChI=1S/C15H20O3/c1-11(6-8-16)5-7-15(18)12(2)9-13(17)10-14(15,3)4/h5-9,18H,10H2,1-4H3/b7-5+,11-6+/t15-/m0/s1. The first-order valence-corrected chi connectivity index (χ1v) is 5.98. The molecular weight excluding hydrogens is 228 g/mol. The van der Waals surface area contributed by atoms with Crippen LogP contribution in [-0.2, 0) is 9.59 Å². The number of aldehydes is 1. The Kier molecular flexibility index (Phi) is 4.07. The lowest BCUT2D eigenvalue weighted by molar-refractivity contribution is -0.121. The Hall–Kier alpha value is -1.48. The molecule has 3 nitrogen and oxygen atoms in total. The highest BCUT2D eigenvalue weighted by atomic mass is 16.3. The summed E-state index contributed by atoms with van der Waals surface area (Å²) >= 11 is 0. The predicted molar refractivity (Wildman–Crippen MR) is 71.1 cm³/mol. The summed E-state index contributed by atoms with van der Waals surface area (Å²) < 4.78 is 0. The smallest absolute Gasteiger partial charge is 0.156 e. The molecule has 0 aliphatic heterocycles. The third-order valence-electron chi connectivity index (χ3n) is 3.55. The SMILES string of the molecule is CC1=CC(=O)CC(C)(C)[C@]1(O)/C=C/C(C)=C/C=O. The maximum Gasteiger partial charge on any atom is 0.156 e. The summed E-state index contributed by atoms with van der Waals surface area (Å²) in [6.07, 6.45) is 7.32. The van der Waals surface area contributed by atoms with Gasteiger partial charge in [-0.05, 0) is 43.2 Å². The maximum atomic E-state index is 11.5. The molecule has 1 atom stereocenters. The fraction of sp³-hybridized carbons (Fsp3) is 0.467. The topological polar surface area (TPSA) is 54.4 Å². The second kappa shape index (κ2) is 5.02. The monoisotopic (exact) mass is 248 g/mol. The van der Waals surface area contributed by atoms with E-state index in [0.717, 1.165) is 5.57 Å². The van der Waals surface area contributed by atoms with Crippen LogP contribution in [0, 0.1) is 5.41 Å². The number of aliphatic hydroxyl groups is 1. The molecule has 0 saturated carbocycles. The summed E-state index contributed by atoms with van der Waals surface area (Å²) in [5, 5.41) is 10.8. The minimum atomic E-state index is -1.15. The van der Waals surface area contributed by atoms with Crippen molar-refractivity contribution in [2.75, 3.05) is 0 Å². The number of carbonyl (C=O) groups excluding carboxylic acids is 2. The van der Waals surface area contributed by atoms with E-state index >= 15 is 0 Å². The van der Waals surface area contributed by atoms with Crippen molar-refractivity contribution < 1.29 is 14.7 Å². The fourth-order valence-corrected chi connectivity index (χ4v) is 2.28. The Morgan fingerprint density at radius 3 is 2.56 bits per heavy atom. The summed E-state index contributed by atoms with van der Waals surface area (Å²) in [4.78, 5) is 21.9. The summed E-state index contributed by atoms with van der Waals surface area (Å²) in [7, 11) is 0. The Morgan fingerprint density at radius 1 is 1.44 bits per heavy atom. The quantitative estimate of drug-likeness (QED) is 0.474. The van der Waals surface area contributed by atoms with Crippen LogP contribution in [0.2, 0.25) is 0 Å². The van der Waals surface area contributed by atoms with Crippen molar-refractivity contribution in [1.82, 2.24) is 0 Å². The molecule has 1 aliphatic carbocycles. The summed E-state index contributed by atoms with van der Waals surface area (Å²) in [6.45, 7) is 7.27. The average Bonchev–Trinajstić information content (AvgIpc) is 2.23. The van der Waals surface area contributed by atoms with Gasteiger partial charge in [0.1, 0.15) is 11.9 Å². The molecule has 0 heterocycles. The van der Waals surface area contributed by atoms with Crippen LogP contribution < -0.4 is 0 Å². The van der Waals surface area contributed by atoms with Crippen molar-refractivity contribution in [3.63, 3.8) is 0 Å². The van der Waals surface area contributed by atoms with Gasteiger partial charge in [-0.3, -0.25) is 9.59 Å². The molecule has 0 radical (unpaired) electrons. The van der Waals surface area contributed by atoms with Crippen LogP contribution in [0.4, 0.5) is 0 Å². The van der Waals surface area contributed by atoms with Crippen molar-refractivity contribution in [3.8, 4) is 0 Å². The van der Waals surface area contributed by atoms with Crippen molar-refractivity contribution in [2.24, 2.45) is 5.41 Å². The van der Waals surface area contributed by atoms with Crippen LogP contribution in [0.3, 0.4) is 0 Å². The minimum absolute atomic E-state index is 0.0377. The van der Waals surface area contributed by atoms with E-state index in [4.69, 9.17) is 0 Å². The van der Waals surface area contributed by atoms with Gasteiger partial charge >= 0.3 is 0 Å². The zero-order chi connectivity index (χ0) is 14.0. The van der Waals surface area contributed by atoms with Gasteiger partial charge in [0.05, 0.1) is 0 Å². The first-order chi connectivity index (χ1) is 8.23. The summed E-state index contributed by atoms with van der Waals surface area (Å²) in [6, 6.07) is 0. The summed E-state index contributed by atoms with van der Waals surface area (Å²) in [5.41, 5.74) is -0.308. The normalized spacial score (nSPS) is 28.4. The van der Waals surface area contributed by atoms with Gasteiger partial charge in [-0.1, -0.05) is 19.9 Å². The van der Waals surface area contributed by atoms with Crippen LogP contribution >= 0.6 is 0 Å². The molecule has 0 amide bonds. The molecule has 0 bridgehead atoms. The fourth-order valence-electron chi connectivity index (χ4n) is 2.28. The third-order valence-corrected chi connectivity index (χ3v) is 3.55. The lowest BCUT2D eigenvalue weighted by Crippen LogP contribution is -2.48. The van der Waals surface area contributed by atoms with Crippen LogP contribution in [0.25, 0.3) is 0 Å². The first kappa shape index (κ1) is 14.6. The number of carbonyl (C=O) groups is 2. The van der Waals surface area contributed by atoms with Crippen LogP contribution in [-0.4, -0.2) is 22.8 Å². The number of allylic oxidation sites excluding steroid dienone is 4. The van der Waals surface area contributed by atoms with E-state index in [1.54, 1.807) is 26.0 Å². The zero-order valence-electron chi connectivity index (χ0n) is 11.4. The van der Waals surface area contributed by atoms with Gasteiger partial charge in [0, 0.05) is 11.8 Å². The van der Waals surface area contributed by atoms with Crippen LogP contribution in [0.1, 0.15) is 34.1 Å². The molecule has 0 aromatic carbocycles. The molecule has 0 unspecified atom stereocenters. The largest absolute Gasteiger partial charge is 0.381 e. The predicted octanol–water partition coefficient (Wildman–Crippen LogP) is 2.36. The van der Waals surface area contributed by atoms with Gasteiger partial charge in [0.2, 0.25) is 0 Å². The molecular formula is C15H20O3. The van der Waals surface area contributed by atoms with Crippen molar-refractivity contribution in [2.45, 2.75) is 39.7 Å². The van der Waals surface area contributed by atoms with Gasteiger partial charge < -0.3 is 5.11 Å². The third kappa shape index (κ3) is 2.67. The molecule has 1 aliphatic rings. The van der Waals surface area contributed by atoms with Gasteiger partial charge in [0.25, 0.3) is 0 Å². The Labute approximate surface area is 108 Å². The van der Waals surface area contributed by atoms with Crippen LogP contribution in [0.5, 0.6) is 0 Å². The second-order valence-corrected chi connectivity index (χ2v) is 5.50. The van der Waals surface area contributed by atoms with Crippen LogP contribution in [0.15, 0.2) is 35.5 Å². The van der Waals surface area contributed by atoms with E-state index < -0.39 is 11.0 Å². The van der Waals surface area contributed by atoms with Gasteiger partial charge in [-0.25, -0.2) is 0 Å². The highest BCUT2D eigenvalue weighted by Gasteiger charge is 2.46. The molecule has 0 fully saturated rings. The van der Waals surface area contributed by atoms with Crippen molar-refractivity contribution >= 4 is 12.1 Å². The van der Waals surface area contributed by atoms with Gasteiger partial charge in [-0.2, -0.15) is 0 Å². The lowest BCUT2D eigenvalue weighted by atomic mass is 9.64. The Morgan fingerprint density at radius 2 is 2.06 bits per heavy atom. The maximum absolute atomic E-state index is 11.5. The van der Waals surface area contributed by atoms with E-state index in [9.17, 15) is 14.7 Å². The molecule has 0 aromatic heterocycles. The van der Waals surface area contributed by atoms with E-state index in [1.165, 1.54) is 12.2 Å². The molecule has 3 heteroatoms. The molecule has 1 N–H and O–H groups in total. The van der Waals surface area contributed by atoms with Gasteiger partial charge in [0.15, 0.2) is 5.78 Å². The minimum Gasteiger partial charge on any atom is -0.381 e. The summed E-state index contributed by atoms with van der Waals surface area (Å²) in [5.74, 6) is 0.0377. The number of ketones is 1. The molecule has 0 spiro atoms. The highest BCUT2D eigenvalue weighted by molar-refractivity contribution is 5.92. The van der Waals surface area contributed by atoms with Crippen molar-refractivity contribution in [3.05, 3.63) is 35.5 Å². The molecule has 1 rings (SSSR count). The van der Waals surface area contributed by atoms with Gasteiger partial charge in [-0.15, -0.1) is 0 Å². The highest BCUT2D eigenvalue weighted by Crippen LogP contribution is 2.44. The van der Waals surface area contributed by atoms with E-state index in [2.05, 4.69) is 0 Å². The number of hydrogen-bond acceptors (Lipinski definition) is 3. The average molecular weight is 248 g/mol. The molecule has 0 saturated heterocycles. The van der Waals surface area contributed by atoms with E-state index in [-0.39, 0.29) is 5.78 Å². The second-order valence-electron chi connectivity index (χ2n) is 5.50. The van der Waals surface area contributed by atoms with E-state index in [1.807, 2.05) is 13.8 Å². The van der Waals surface area contributed by atoms with Crippen molar-refractivity contribution in [1.29, 1.82) is 0 Å². The Bertz CT molecular complexity index is 452. The molecule has 0 aromatic rings.